The Hall–Kier alpha value is -0.490. The summed E-state index contributed by atoms with van der Waals surface area (Å²) in [4.78, 5) is 0. The molecule has 1 heterocycles. The Morgan fingerprint density at radius 2 is 1.92 bits per heavy atom. The summed E-state index contributed by atoms with van der Waals surface area (Å²) in [5.41, 5.74) is 0. The lowest BCUT2D eigenvalue weighted by Gasteiger charge is -2.11. The molecular formula is C6H9F2NO2S. The SMILES string of the molecule is CN1CCC(F)=C(F)CS1(=O)=O. The van der Waals surface area contributed by atoms with E-state index in [9.17, 15) is 17.2 Å². The van der Waals surface area contributed by atoms with E-state index in [1.165, 1.54) is 7.05 Å². The average Bonchev–Trinajstić information content (AvgIpc) is 2.03. The topological polar surface area (TPSA) is 37.4 Å². The number of nitrogens with zero attached hydrogens (tertiary/aromatic N) is 1. The molecule has 12 heavy (non-hydrogen) atoms. The molecule has 0 aromatic carbocycles. The second-order valence-electron chi connectivity index (χ2n) is 2.64. The molecule has 1 aliphatic heterocycles. The molecule has 1 rings (SSSR count). The van der Waals surface area contributed by atoms with Gasteiger partial charge in [0.2, 0.25) is 10.0 Å². The summed E-state index contributed by atoms with van der Waals surface area (Å²) in [6.07, 6.45) is -0.179. The summed E-state index contributed by atoms with van der Waals surface area (Å²) in [7, 11) is -2.31. The number of halogens is 2. The van der Waals surface area contributed by atoms with E-state index in [1.54, 1.807) is 0 Å². The summed E-state index contributed by atoms with van der Waals surface area (Å²) in [6.45, 7) is 0.00157. The van der Waals surface area contributed by atoms with Crippen LogP contribution in [0.15, 0.2) is 11.7 Å². The molecule has 3 nitrogen and oxygen atoms in total. The van der Waals surface area contributed by atoms with Gasteiger partial charge in [-0.25, -0.2) is 21.5 Å². The van der Waals surface area contributed by atoms with Gasteiger partial charge in [-0.05, 0) is 0 Å². The van der Waals surface area contributed by atoms with Crippen LogP contribution >= 0.6 is 0 Å². The fourth-order valence-corrected chi connectivity index (χ4v) is 1.95. The van der Waals surface area contributed by atoms with E-state index >= 15 is 0 Å². The molecule has 0 atom stereocenters. The molecule has 0 saturated carbocycles. The maximum atomic E-state index is 12.6. The van der Waals surface area contributed by atoms with Crippen LogP contribution in [0, 0.1) is 0 Å². The molecule has 70 valence electrons. The van der Waals surface area contributed by atoms with Gasteiger partial charge in [0.25, 0.3) is 0 Å². The number of sulfonamides is 1. The van der Waals surface area contributed by atoms with E-state index in [2.05, 4.69) is 0 Å². The normalized spacial score (nSPS) is 25.6. The first-order valence-corrected chi connectivity index (χ1v) is 5.01. The highest BCUT2D eigenvalue weighted by Gasteiger charge is 2.26. The lowest BCUT2D eigenvalue weighted by Crippen LogP contribution is -2.28. The van der Waals surface area contributed by atoms with Crippen molar-refractivity contribution in [3.8, 4) is 0 Å². The van der Waals surface area contributed by atoms with Gasteiger partial charge < -0.3 is 0 Å². The molecule has 1 aliphatic rings. The van der Waals surface area contributed by atoms with Crippen molar-refractivity contribution in [3.05, 3.63) is 11.7 Å². The smallest absolute Gasteiger partial charge is 0.212 e. The zero-order valence-corrected chi connectivity index (χ0v) is 7.37. The summed E-state index contributed by atoms with van der Waals surface area (Å²) in [6, 6.07) is 0. The molecule has 0 bridgehead atoms. The van der Waals surface area contributed by atoms with Crippen molar-refractivity contribution in [3.63, 3.8) is 0 Å². The van der Waals surface area contributed by atoms with Crippen LogP contribution in [0.1, 0.15) is 6.42 Å². The van der Waals surface area contributed by atoms with E-state index in [0.717, 1.165) is 4.31 Å². The molecule has 0 spiro atoms. The van der Waals surface area contributed by atoms with E-state index in [0.29, 0.717) is 0 Å². The zero-order valence-electron chi connectivity index (χ0n) is 6.55. The summed E-state index contributed by atoms with van der Waals surface area (Å²) >= 11 is 0. The Kier molecular flexibility index (Phi) is 2.48. The highest BCUT2D eigenvalue weighted by atomic mass is 32.2. The second kappa shape index (κ2) is 3.10. The highest BCUT2D eigenvalue weighted by Crippen LogP contribution is 2.20. The van der Waals surface area contributed by atoms with E-state index < -0.39 is 27.4 Å². The van der Waals surface area contributed by atoms with Gasteiger partial charge in [0, 0.05) is 20.0 Å². The molecule has 0 aromatic rings. The Morgan fingerprint density at radius 3 is 2.50 bits per heavy atom. The van der Waals surface area contributed by atoms with Gasteiger partial charge in [0.15, 0.2) is 0 Å². The summed E-state index contributed by atoms with van der Waals surface area (Å²) in [5.74, 6) is -2.97. The van der Waals surface area contributed by atoms with Crippen LogP contribution in [-0.2, 0) is 10.0 Å². The van der Waals surface area contributed by atoms with Crippen molar-refractivity contribution in [2.24, 2.45) is 0 Å². The first-order valence-electron chi connectivity index (χ1n) is 3.40. The quantitative estimate of drug-likeness (QED) is 0.576. The molecule has 6 heteroatoms. The summed E-state index contributed by atoms with van der Waals surface area (Å²) < 4.78 is 48.2. The molecule has 0 N–H and O–H groups in total. The molecule has 0 saturated heterocycles. The van der Waals surface area contributed by atoms with Crippen molar-refractivity contribution in [2.75, 3.05) is 19.3 Å². The third kappa shape index (κ3) is 1.81. The van der Waals surface area contributed by atoms with Gasteiger partial charge in [0.05, 0.1) is 0 Å². The number of hydrogen-bond donors (Lipinski definition) is 0. The maximum absolute atomic E-state index is 12.6. The zero-order chi connectivity index (χ0) is 9.35. The van der Waals surface area contributed by atoms with Crippen LogP contribution in [0.3, 0.4) is 0 Å². The Labute approximate surface area is 69.7 Å². The van der Waals surface area contributed by atoms with Crippen molar-refractivity contribution in [1.82, 2.24) is 4.31 Å². The van der Waals surface area contributed by atoms with Crippen LogP contribution in [0.25, 0.3) is 0 Å². The second-order valence-corrected chi connectivity index (χ2v) is 4.71. The van der Waals surface area contributed by atoms with Gasteiger partial charge in [-0.3, -0.25) is 0 Å². The van der Waals surface area contributed by atoms with Gasteiger partial charge in [0.1, 0.15) is 17.4 Å². The Balaban J connectivity index is 2.99. The lowest BCUT2D eigenvalue weighted by molar-refractivity contribution is 0.458. The number of hydrogen-bond acceptors (Lipinski definition) is 2. The number of rotatable bonds is 0. The first-order chi connectivity index (χ1) is 5.43. The van der Waals surface area contributed by atoms with Crippen LogP contribution in [0.2, 0.25) is 0 Å². The van der Waals surface area contributed by atoms with E-state index in [-0.39, 0.29) is 13.0 Å². The Bertz CT molecular complexity index is 310. The lowest BCUT2D eigenvalue weighted by atomic mass is 10.3. The highest BCUT2D eigenvalue weighted by molar-refractivity contribution is 7.89. The minimum atomic E-state index is -3.62. The maximum Gasteiger partial charge on any atom is 0.220 e. The fraction of sp³-hybridized carbons (Fsp3) is 0.667. The molecule has 0 aliphatic carbocycles. The first kappa shape index (κ1) is 9.60. The Morgan fingerprint density at radius 1 is 1.33 bits per heavy atom. The molecule has 0 unspecified atom stereocenters. The van der Waals surface area contributed by atoms with Gasteiger partial charge in [-0.1, -0.05) is 0 Å². The van der Waals surface area contributed by atoms with Crippen LogP contribution in [0.4, 0.5) is 8.78 Å². The van der Waals surface area contributed by atoms with Gasteiger partial charge in [-0.2, -0.15) is 0 Å². The van der Waals surface area contributed by atoms with Crippen LogP contribution in [0.5, 0.6) is 0 Å². The van der Waals surface area contributed by atoms with Crippen LogP contribution < -0.4 is 0 Å². The largest absolute Gasteiger partial charge is 0.220 e. The molecule has 0 aromatic heterocycles. The minimum absolute atomic E-state index is 0.00157. The van der Waals surface area contributed by atoms with Crippen molar-refractivity contribution < 1.29 is 17.2 Å². The predicted octanol–water partition coefficient (Wildman–Crippen LogP) is 0.802. The molecular weight excluding hydrogens is 188 g/mol. The molecule has 0 amide bonds. The van der Waals surface area contributed by atoms with E-state index in [4.69, 9.17) is 0 Å². The average molecular weight is 197 g/mol. The van der Waals surface area contributed by atoms with Gasteiger partial charge in [-0.15, -0.1) is 0 Å². The third-order valence-electron chi connectivity index (χ3n) is 1.72. The predicted molar refractivity (Wildman–Crippen MR) is 40.3 cm³/mol. The van der Waals surface area contributed by atoms with Crippen LogP contribution in [-0.4, -0.2) is 32.1 Å². The minimum Gasteiger partial charge on any atom is -0.212 e. The van der Waals surface area contributed by atoms with Crippen molar-refractivity contribution >= 4 is 10.0 Å². The monoisotopic (exact) mass is 197 g/mol. The van der Waals surface area contributed by atoms with Crippen molar-refractivity contribution in [1.29, 1.82) is 0 Å². The molecule has 0 fully saturated rings. The molecule has 0 radical (unpaired) electrons. The summed E-state index contributed by atoms with van der Waals surface area (Å²) in [5, 5.41) is 0. The standard InChI is InChI=1S/C6H9F2NO2S/c1-9-3-2-5(7)6(8)4-12(9,10)11/h2-4H2,1H3. The third-order valence-corrected chi connectivity index (χ3v) is 3.48. The van der Waals surface area contributed by atoms with Crippen molar-refractivity contribution in [2.45, 2.75) is 6.42 Å². The fourth-order valence-electron chi connectivity index (χ4n) is 0.879. The van der Waals surface area contributed by atoms with E-state index in [1.807, 2.05) is 0 Å². The van der Waals surface area contributed by atoms with Gasteiger partial charge >= 0.3 is 0 Å².